The second kappa shape index (κ2) is 5.90. The van der Waals surface area contributed by atoms with E-state index in [1.807, 2.05) is 18.2 Å². The smallest absolute Gasteiger partial charge is 0.112 e. The molecular formula is C14H20ClN3O. The van der Waals surface area contributed by atoms with E-state index in [0.29, 0.717) is 13.0 Å². The summed E-state index contributed by atoms with van der Waals surface area (Å²) in [5, 5.41) is 0.728. The minimum Gasteiger partial charge on any atom is -0.380 e. The van der Waals surface area contributed by atoms with Gasteiger partial charge in [-0.1, -0.05) is 17.7 Å². The maximum absolute atomic E-state index is 6.31. The van der Waals surface area contributed by atoms with Gasteiger partial charge in [-0.05, 0) is 26.0 Å². The van der Waals surface area contributed by atoms with Crippen molar-refractivity contribution < 1.29 is 4.74 Å². The molecule has 104 valence electrons. The van der Waals surface area contributed by atoms with Crippen molar-refractivity contribution in [3.05, 3.63) is 29.0 Å². The first kappa shape index (κ1) is 14.3. The van der Waals surface area contributed by atoms with Crippen molar-refractivity contribution in [2.24, 2.45) is 5.73 Å². The van der Waals surface area contributed by atoms with E-state index in [2.05, 4.69) is 23.4 Å². The van der Waals surface area contributed by atoms with Gasteiger partial charge < -0.3 is 15.0 Å². The van der Waals surface area contributed by atoms with Gasteiger partial charge in [-0.15, -0.1) is 0 Å². The largest absolute Gasteiger partial charge is 0.380 e. The van der Waals surface area contributed by atoms with Crippen LogP contribution >= 0.6 is 11.6 Å². The summed E-state index contributed by atoms with van der Waals surface area (Å²) in [6.07, 6.45) is 0.670. The van der Waals surface area contributed by atoms with Gasteiger partial charge in [0.2, 0.25) is 0 Å². The van der Waals surface area contributed by atoms with Crippen molar-refractivity contribution in [3.63, 3.8) is 0 Å². The summed E-state index contributed by atoms with van der Waals surface area (Å²) >= 11 is 6.31. The van der Waals surface area contributed by atoms with Crippen LogP contribution in [-0.4, -0.2) is 29.3 Å². The van der Waals surface area contributed by atoms with Crippen LogP contribution in [0.3, 0.4) is 0 Å². The van der Waals surface area contributed by atoms with E-state index in [4.69, 9.17) is 22.1 Å². The van der Waals surface area contributed by atoms with Crippen molar-refractivity contribution in [2.45, 2.75) is 32.4 Å². The zero-order valence-electron chi connectivity index (χ0n) is 11.6. The lowest BCUT2D eigenvalue weighted by molar-refractivity contribution is 0.107. The number of halogens is 1. The molecule has 1 atom stereocenters. The number of methoxy groups -OCH3 is 1. The molecule has 2 rings (SSSR count). The van der Waals surface area contributed by atoms with Gasteiger partial charge in [-0.25, -0.2) is 4.98 Å². The van der Waals surface area contributed by atoms with E-state index in [0.717, 1.165) is 21.9 Å². The molecule has 4 nitrogen and oxygen atoms in total. The maximum atomic E-state index is 6.31. The quantitative estimate of drug-likeness (QED) is 0.917. The van der Waals surface area contributed by atoms with Gasteiger partial charge in [-0.3, -0.25) is 0 Å². The minimum absolute atomic E-state index is 0.0203. The molecule has 5 heteroatoms. The highest BCUT2D eigenvalue weighted by Gasteiger charge is 2.18. The molecule has 1 heterocycles. The average molecular weight is 282 g/mol. The average Bonchev–Trinajstić information content (AvgIpc) is 2.75. The summed E-state index contributed by atoms with van der Waals surface area (Å²) in [6, 6.07) is 6.08. The Kier molecular flexibility index (Phi) is 4.45. The van der Waals surface area contributed by atoms with Gasteiger partial charge >= 0.3 is 0 Å². The molecule has 2 N–H and O–H groups in total. The van der Waals surface area contributed by atoms with Crippen LogP contribution in [0.1, 0.15) is 25.7 Å². The Bertz CT molecular complexity index is 561. The highest BCUT2D eigenvalue weighted by Crippen LogP contribution is 2.28. The van der Waals surface area contributed by atoms with E-state index in [9.17, 15) is 0 Å². The zero-order chi connectivity index (χ0) is 14.0. The highest BCUT2D eigenvalue weighted by molar-refractivity contribution is 6.35. The second-order valence-electron chi connectivity index (χ2n) is 4.90. The fraction of sp³-hybridized carbons (Fsp3) is 0.500. The van der Waals surface area contributed by atoms with Gasteiger partial charge in [0.05, 0.1) is 22.2 Å². The molecule has 1 aromatic carbocycles. The summed E-state index contributed by atoms with van der Waals surface area (Å²) in [5.41, 5.74) is 7.60. The molecule has 0 bridgehead atoms. The number of hydrogen-bond acceptors (Lipinski definition) is 3. The van der Waals surface area contributed by atoms with E-state index < -0.39 is 0 Å². The first-order chi connectivity index (χ1) is 9.08. The molecule has 0 amide bonds. The molecule has 19 heavy (non-hydrogen) atoms. The van der Waals surface area contributed by atoms with Crippen molar-refractivity contribution >= 4 is 22.6 Å². The van der Waals surface area contributed by atoms with E-state index in [1.165, 1.54) is 0 Å². The van der Waals surface area contributed by atoms with Crippen LogP contribution in [0.15, 0.2) is 18.2 Å². The number of nitrogens with two attached hydrogens (primary N) is 1. The lowest BCUT2D eigenvalue weighted by Gasteiger charge is -2.17. The molecule has 0 saturated heterocycles. The predicted molar refractivity (Wildman–Crippen MR) is 78.7 cm³/mol. The molecule has 0 aliphatic heterocycles. The summed E-state index contributed by atoms with van der Waals surface area (Å²) in [4.78, 5) is 4.67. The summed E-state index contributed by atoms with van der Waals surface area (Å²) in [6.45, 7) is 4.72. The normalized spacial score (nSPS) is 13.4. The van der Waals surface area contributed by atoms with Crippen LogP contribution < -0.4 is 5.73 Å². The lowest BCUT2D eigenvalue weighted by Crippen LogP contribution is -2.26. The van der Waals surface area contributed by atoms with E-state index in [1.54, 1.807) is 7.11 Å². The fourth-order valence-corrected chi connectivity index (χ4v) is 2.58. The lowest BCUT2D eigenvalue weighted by atomic mass is 10.2. The molecule has 0 aliphatic carbocycles. The zero-order valence-corrected chi connectivity index (χ0v) is 12.3. The van der Waals surface area contributed by atoms with Crippen LogP contribution in [0, 0.1) is 0 Å². The van der Waals surface area contributed by atoms with Crippen molar-refractivity contribution in [3.8, 4) is 0 Å². The SMILES string of the molecule is COC(CN)Cc1nc2cccc(Cl)c2n1C(C)C. The standard InChI is InChI=1S/C14H20ClN3O/c1-9(2)18-13(7-10(8-16)19-3)17-12-6-4-5-11(15)14(12)18/h4-6,9-10H,7-8,16H2,1-3H3. The molecule has 0 radical (unpaired) electrons. The number of hydrogen-bond donors (Lipinski definition) is 1. The van der Waals surface area contributed by atoms with Gasteiger partial charge in [-0.2, -0.15) is 0 Å². The molecule has 0 fully saturated rings. The number of benzene rings is 1. The molecule has 0 aliphatic rings. The summed E-state index contributed by atoms with van der Waals surface area (Å²) in [7, 11) is 1.67. The van der Waals surface area contributed by atoms with Gasteiger partial charge in [0.15, 0.2) is 0 Å². The third kappa shape index (κ3) is 2.76. The number of ether oxygens (including phenoxy) is 1. The Labute approximate surface area is 118 Å². The van der Waals surface area contributed by atoms with Crippen molar-refractivity contribution in [2.75, 3.05) is 13.7 Å². The van der Waals surface area contributed by atoms with E-state index >= 15 is 0 Å². The monoisotopic (exact) mass is 281 g/mol. The third-order valence-electron chi connectivity index (χ3n) is 3.26. The van der Waals surface area contributed by atoms with Crippen molar-refractivity contribution in [1.82, 2.24) is 9.55 Å². The number of imidazole rings is 1. The minimum atomic E-state index is -0.0203. The molecule has 2 aromatic rings. The number of nitrogens with zero attached hydrogens (tertiary/aromatic N) is 2. The fourth-order valence-electron chi connectivity index (χ4n) is 2.32. The van der Waals surface area contributed by atoms with Gasteiger partial charge in [0, 0.05) is 26.1 Å². The topological polar surface area (TPSA) is 53.1 Å². The maximum Gasteiger partial charge on any atom is 0.112 e. The van der Waals surface area contributed by atoms with Crippen LogP contribution in [0.5, 0.6) is 0 Å². The number of aromatic nitrogens is 2. The molecular weight excluding hydrogens is 262 g/mol. The first-order valence-electron chi connectivity index (χ1n) is 6.46. The van der Waals surface area contributed by atoms with Crippen LogP contribution in [0.25, 0.3) is 11.0 Å². The van der Waals surface area contributed by atoms with Crippen LogP contribution in [0.2, 0.25) is 5.02 Å². The van der Waals surface area contributed by atoms with Gasteiger partial charge in [0.25, 0.3) is 0 Å². The second-order valence-corrected chi connectivity index (χ2v) is 5.30. The third-order valence-corrected chi connectivity index (χ3v) is 3.56. The van der Waals surface area contributed by atoms with Gasteiger partial charge in [0.1, 0.15) is 5.82 Å². The highest BCUT2D eigenvalue weighted by atomic mass is 35.5. The number of rotatable bonds is 5. The Hall–Kier alpha value is -1.10. The van der Waals surface area contributed by atoms with Crippen molar-refractivity contribution in [1.29, 1.82) is 0 Å². The predicted octanol–water partition coefficient (Wildman–Crippen LogP) is 2.79. The van der Waals surface area contributed by atoms with Crippen LogP contribution in [0.4, 0.5) is 0 Å². The Morgan fingerprint density at radius 1 is 1.42 bits per heavy atom. The Morgan fingerprint density at radius 3 is 2.74 bits per heavy atom. The Morgan fingerprint density at radius 2 is 2.16 bits per heavy atom. The number of para-hydroxylation sites is 1. The first-order valence-corrected chi connectivity index (χ1v) is 6.84. The molecule has 0 saturated carbocycles. The molecule has 1 aromatic heterocycles. The van der Waals surface area contributed by atoms with E-state index in [-0.39, 0.29) is 12.1 Å². The summed E-state index contributed by atoms with van der Waals surface area (Å²) < 4.78 is 7.52. The number of fused-ring (bicyclic) bond motifs is 1. The van der Waals surface area contributed by atoms with Crippen LogP contribution in [-0.2, 0) is 11.2 Å². The molecule has 1 unspecified atom stereocenters. The summed E-state index contributed by atoms with van der Waals surface area (Å²) in [5.74, 6) is 0.968. The Balaban J connectivity index is 2.54. The molecule has 0 spiro atoms.